The summed E-state index contributed by atoms with van der Waals surface area (Å²) >= 11 is 1.77. The number of nitrogens with one attached hydrogen (secondary N) is 2. The zero-order chi connectivity index (χ0) is 13.1. The number of nitrogens with zero attached hydrogens (tertiary/aromatic N) is 1. The van der Waals surface area contributed by atoms with Crippen LogP contribution in [0.15, 0.2) is 24.4 Å². The second-order valence-electron chi connectivity index (χ2n) is 4.92. The maximum Gasteiger partial charge on any atom is 0.0897 e. The van der Waals surface area contributed by atoms with Crippen LogP contribution in [0.5, 0.6) is 0 Å². The number of hydrogen-bond donors (Lipinski definition) is 2. The molecule has 4 heteroatoms. The van der Waals surface area contributed by atoms with E-state index >= 15 is 0 Å². The van der Waals surface area contributed by atoms with Crippen molar-refractivity contribution in [2.24, 2.45) is 0 Å². The fraction of sp³-hybridized carbons (Fsp3) is 0.400. The zero-order valence-corrected chi connectivity index (χ0v) is 12.0. The Bertz CT molecular complexity index is 562. The first kappa shape index (κ1) is 12.6. The lowest BCUT2D eigenvalue weighted by Crippen LogP contribution is -2.17. The van der Waals surface area contributed by atoms with Crippen LogP contribution < -0.4 is 10.6 Å². The van der Waals surface area contributed by atoms with Crippen LogP contribution in [-0.2, 0) is 19.5 Å². The van der Waals surface area contributed by atoms with Crippen LogP contribution in [0, 0.1) is 6.92 Å². The van der Waals surface area contributed by atoms with Gasteiger partial charge in [0.15, 0.2) is 0 Å². The van der Waals surface area contributed by atoms with E-state index in [4.69, 9.17) is 0 Å². The summed E-state index contributed by atoms with van der Waals surface area (Å²) in [6.45, 7) is 4.99. The van der Waals surface area contributed by atoms with Crippen molar-refractivity contribution in [2.45, 2.75) is 32.9 Å². The molecule has 3 nitrogen and oxygen atoms in total. The van der Waals surface area contributed by atoms with Crippen LogP contribution in [0.2, 0.25) is 0 Å². The van der Waals surface area contributed by atoms with Crippen molar-refractivity contribution in [1.29, 1.82) is 0 Å². The van der Waals surface area contributed by atoms with E-state index in [9.17, 15) is 0 Å². The minimum absolute atomic E-state index is 0.905. The molecule has 19 heavy (non-hydrogen) atoms. The van der Waals surface area contributed by atoms with E-state index in [0.29, 0.717) is 0 Å². The summed E-state index contributed by atoms with van der Waals surface area (Å²) in [4.78, 5) is 5.59. The predicted octanol–water partition coefficient (Wildman–Crippen LogP) is 3.10. The lowest BCUT2D eigenvalue weighted by molar-refractivity contribution is 0.688. The van der Waals surface area contributed by atoms with Crippen molar-refractivity contribution in [1.82, 2.24) is 10.3 Å². The first-order valence-electron chi connectivity index (χ1n) is 6.79. The SMILES string of the molecule is Cc1ncc(CNCc2cccc3c2CCCN3)s1. The molecule has 1 aromatic heterocycles. The van der Waals surface area contributed by atoms with Crippen LogP contribution in [0.25, 0.3) is 0 Å². The molecule has 0 aliphatic carbocycles. The molecule has 0 saturated heterocycles. The molecule has 1 aliphatic heterocycles. The number of benzene rings is 1. The summed E-state index contributed by atoms with van der Waals surface area (Å²) in [5.41, 5.74) is 4.23. The highest BCUT2D eigenvalue weighted by molar-refractivity contribution is 7.11. The van der Waals surface area contributed by atoms with E-state index in [2.05, 4.69) is 33.8 Å². The van der Waals surface area contributed by atoms with Gasteiger partial charge in [0.25, 0.3) is 0 Å². The fourth-order valence-corrected chi connectivity index (χ4v) is 3.32. The molecular weight excluding hydrogens is 254 g/mol. The quantitative estimate of drug-likeness (QED) is 0.899. The normalized spacial score (nSPS) is 13.9. The van der Waals surface area contributed by atoms with Gasteiger partial charge in [-0.3, -0.25) is 0 Å². The van der Waals surface area contributed by atoms with Crippen LogP contribution in [0.1, 0.15) is 27.4 Å². The van der Waals surface area contributed by atoms with Gasteiger partial charge >= 0.3 is 0 Å². The van der Waals surface area contributed by atoms with Gasteiger partial charge < -0.3 is 10.6 Å². The number of fused-ring (bicyclic) bond motifs is 1. The maximum absolute atomic E-state index is 4.28. The van der Waals surface area contributed by atoms with Gasteiger partial charge in [0, 0.05) is 36.4 Å². The van der Waals surface area contributed by atoms with Gasteiger partial charge in [0.1, 0.15) is 0 Å². The molecule has 1 aliphatic rings. The first-order valence-corrected chi connectivity index (χ1v) is 7.61. The topological polar surface area (TPSA) is 37.0 Å². The largest absolute Gasteiger partial charge is 0.385 e. The summed E-state index contributed by atoms with van der Waals surface area (Å²) in [6, 6.07) is 6.56. The van der Waals surface area contributed by atoms with Crippen molar-refractivity contribution in [2.75, 3.05) is 11.9 Å². The van der Waals surface area contributed by atoms with Crippen molar-refractivity contribution in [3.63, 3.8) is 0 Å². The number of thiazole rings is 1. The smallest absolute Gasteiger partial charge is 0.0897 e. The van der Waals surface area contributed by atoms with Gasteiger partial charge in [-0.05, 0) is 37.0 Å². The predicted molar refractivity (Wildman–Crippen MR) is 80.6 cm³/mol. The molecule has 1 aromatic carbocycles. The Balaban J connectivity index is 1.64. The van der Waals surface area contributed by atoms with Gasteiger partial charge in [0.05, 0.1) is 5.01 Å². The third-order valence-electron chi connectivity index (χ3n) is 3.48. The van der Waals surface area contributed by atoms with E-state index in [1.807, 2.05) is 13.1 Å². The molecule has 3 rings (SSSR count). The first-order chi connectivity index (χ1) is 9.33. The van der Waals surface area contributed by atoms with E-state index in [-0.39, 0.29) is 0 Å². The summed E-state index contributed by atoms with van der Waals surface area (Å²) in [7, 11) is 0. The van der Waals surface area contributed by atoms with Crippen molar-refractivity contribution >= 4 is 17.0 Å². The van der Waals surface area contributed by atoms with Crippen LogP contribution in [-0.4, -0.2) is 11.5 Å². The monoisotopic (exact) mass is 273 g/mol. The maximum atomic E-state index is 4.28. The highest BCUT2D eigenvalue weighted by Crippen LogP contribution is 2.25. The Kier molecular flexibility index (Phi) is 3.80. The lowest BCUT2D eigenvalue weighted by atomic mass is 9.97. The summed E-state index contributed by atoms with van der Waals surface area (Å²) < 4.78 is 0. The molecule has 0 amide bonds. The summed E-state index contributed by atoms with van der Waals surface area (Å²) in [5, 5.41) is 8.14. The Morgan fingerprint density at radius 1 is 1.37 bits per heavy atom. The molecular formula is C15H19N3S. The average molecular weight is 273 g/mol. The van der Waals surface area contributed by atoms with Gasteiger partial charge in [-0.25, -0.2) is 4.98 Å². The molecule has 0 saturated carbocycles. The molecule has 2 N–H and O–H groups in total. The molecule has 0 spiro atoms. The Morgan fingerprint density at radius 2 is 2.32 bits per heavy atom. The molecule has 2 aromatic rings. The fourth-order valence-electron chi connectivity index (χ4n) is 2.56. The lowest BCUT2D eigenvalue weighted by Gasteiger charge is -2.21. The van der Waals surface area contributed by atoms with Crippen LogP contribution in [0.4, 0.5) is 5.69 Å². The minimum atomic E-state index is 0.905. The third kappa shape index (κ3) is 2.96. The van der Waals surface area contributed by atoms with Crippen LogP contribution in [0.3, 0.4) is 0 Å². The van der Waals surface area contributed by atoms with E-state index in [1.165, 1.54) is 34.5 Å². The molecule has 0 radical (unpaired) electrons. The summed E-state index contributed by atoms with van der Waals surface area (Å²) in [5.74, 6) is 0. The van der Waals surface area contributed by atoms with Gasteiger partial charge in [-0.2, -0.15) is 0 Å². The third-order valence-corrected chi connectivity index (χ3v) is 4.39. The molecule has 0 fully saturated rings. The van der Waals surface area contributed by atoms with E-state index in [0.717, 1.165) is 24.6 Å². The van der Waals surface area contributed by atoms with Gasteiger partial charge in [0.2, 0.25) is 0 Å². The highest BCUT2D eigenvalue weighted by Gasteiger charge is 2.11. The molecule has 0 unspecified atom stereocenters. The van der Waals surface area contributed by atoms with Crippen molar-refractivity contribution in [3.05, 3.63) is 45.4 Å². The number of hydrogen-bond acceptors (Lipinski definition) is 4. The average Bonchev–Trinajstić information content (AvgIpc) is 2.85. The van der Waals surface area contributed by atoms with Gasteiger partial charge in [-0.1, -0.05) is 12.1 Å². The number of rotatable bonds is 4. The second kappa shape index (κ2) is 5.72. The van der Waals surface area contributed by atoms with Gasteiger partial charge in [-0.15, -0.1) is 11.3 Å². The number of aromatic nitrogens is 1. The van der Waals surface area contributed by atoms with Crippen molar-refractivity contribution in [3.8, 4) is 0 Å². The molecule has 100 valence electrons. The number of anilines is 1. The molecule has 2 heterocycles. The van der Waals surface area contributed by atoms with Crippen LogP contribution >= 0.6 is 11.3 Å². The van der Waals surface area contributed by atoms with E-state index in [1.54, 1.807) is 11.3 Å². The Labute approximate surface area is 118 Å². The minimum Gasteiger partial charge on any atom is -0.385 e. The highest BCUT2D eigenvalue weighted by atomic mass is 32.1. The Hall–Kier alpha value is -1.39. The number of aryl methyl sites for hydroxylation is 1. The zero-order valence-electron chi connectivity index (χ0n) is 11.2. The molecule has 0 bridgehead atoms. The Morgan fingerprint density at radius 3 is 3.16 bits per heavy atom. The standard InChI is InChI=1S/C15H19N3S/c1-11-18-10-13(19-11)9-16-8-12-4-2-6-15-14(12)5-3-7-17-15/h2,4,6,10,16-17H,3,5,7-9H2,1H3. The molecule has 0 atom stereocenters. The summed E-state index contributed by atoms with van der Waals surface area (Å²) in [6.07, 6.45) is 4.40. The van der Waals surface area contributed by atoms with Crippen molar-refractivity contribution < 1.29 is 0 Å². The second-order valence-corrected chi connectivity index (χ2v) is 6.24. The van der Waals surface area contributed by atoms with E-state index < -0.39 is 0 Å².